The van der Waals surface area contributed by atoms with Gasteiger partial charge in [0.1, 0.15) is 5.57 Å². The standard InChI is InChI=1S/C20H15N3O2S/c1-22-15(11-13-7-5-6-10-17(13)22)12-16-18(24)21-20(26)23(19(16)25)14-8-3-2-4-9-14/h2-12H,1H3,(H,21,24,26)/b16-12-. The Morgan fingerprint density at radius 3 is 2.42 bits per heavy atom. The molecule has 1 N–H and O–H groups in total. The number of aryl methyl sites for hydroxylation is 1. The van der Waals surface area contributed by atoms with E-state index >= 15 is 0 Å². The largest absolute Gasteiger partial charge is 0.344 e. The van der Waals surface area contributed by atoms with Crippen molar-refractivity contribution in [2.24, 2.45) is 7.05 Å². The summed E-state index contributed by atoms with van der Waals surface area (Å²) in [6.45, 7) is 0. The highest BCUT2D eigenvalue weighted by molar-refractivity contribution is 7.80. The van der Waals surface area contributed by atoms with Crippen LogP contribution in [0.1, 0.15) is 5.69 Å². The molecule has 0 atom stereocenters. The summed E-state index contributed by atoms with van der Waals surface area (Å²) in [5.41, 5.74) is 2.46. The van der Waals surface area contributed by atoms with Crippen LogP contribution >= 0.6 is 12.2 Å². The molecule has 0 aliphatic carbocycles. The van der Waals surface area contributed by atoms with Crippen LogP contribution in [-0.4, -0.2) is 21.5 Å². The third-order valence-electron chi connectivity index (χ3n) is 4.40. The van der Waals surface area contributed by atoms with Crippen LogP contribution in [0.15, 0.2) is 66.2 Å². The lowest BCUT2D eigenvalue weighted by Crippen LogP contribution is -2.54. The van der Waals surface area contributed by atoms with Crippen LogP contribution in [0.4, 0.5) is 5.69 Å². The first-order valence-corrected chi connectivity index (χ1v) is 8.48. The van der Waals surface area contributed by atoms with Crippen LogP contribution in [0.3, 0.4) is 0 Å². The normalized spacial score (nSPS) is 16.4. The van der Waals surface area contributed by atoms with E-state index in [-0.39, 0.29) is 10.7 Å². The Morgan fingerprint density at radius 2 is 1.69 bits per heavy atom. The van der Waals surface area contributed by atoms with E-state index in [9.17, 15) is 9.59 Å². The van der Waals surface area contributed by atoms with Gasteiger partial charge in [0.15, 0.2) is 5.11 Å². The van der Waals surface area contributed by atoms with Gasteiger partial charge in [-0.1, -0.05) is 36.4 Å². The van der Waals surface area contributed by atoms with Crippen molar-refractivity contribution in [1.29, 1.82) is 0 Å². The molecule has 1 aromatic heterocycles. The number of hydrogen-bond donors (Lipinski definition) is 1. The van der Waals surface area contributed by atoms with E-state index in [1.807, 2.05) is 60.1 Å². The average Bonchev–Trinajstić information content (AvgIpc) is 2.95. The molecule has 6 heteroatoms. The van der Waals surface area contributed by atoms with E-state index in [0.717, 1.165) is 16.6 Å². The van der Waals surface area contributed by atoms with Crippen molar-refractivity contribution in [3.63, 3.8) is 0 Å². The second-order valence-electron chi connectivity index (χ2n) is 5.98. The number of hydrogen-bond acceptors (Lipinski definition) is 3. The molecular weight excluding hydrogens is 346 g/mol. The number of anilines is 1. The molecule has 128 valence electrons. The number of para-hydroxylation sites is 2. The minimum absolute atomic E-state index is 0.0494. The molecule has 5 nitrogen and oxygen atoms in total. The number of carbonyl (C=O) groups excluding carboxylic acids is 2. The van der Waals surface area contributed by atoms with Gasteiger partial charge in [-0.2, -0.15) is 0 Å². The number of carbonyl (C=O) groups is 2. The number of benzene rings is 2. The highest BCUT2D eigenvalue weighted by atomic mass is 32.1. The molecule has 2 amide bonds. The van der Waals surface area contributed by atoms with Gasteiger partial charge in [-0.15, -0.1) is 0 Å². The zero-order valence-corrected chi connectivity index (χ0v) is 14.8. The van der Waals surface area contributed by atoms with Crippen molar-refractivity contribution in [2.45, 2.75) is 0 Å². The van der Waals surface area contributed by atoms with Gasteiger partial charge in [0.25, 0.3) is 11.8 Å². The fraction of sp³-hybridized carbons (Fsp3) is 0.0500. The Bertz CT molecular complexity index is 1080. The smallest absolute Gasteiger partial charge is 0.270 e. The molecule has 0 saturated carbocycles. The van der Waals surface area contributed by atoms with Gasteiger partial charge in [-0.3, -0.25) is 19.8 Å². The maximum Gasteiger partial charge on any atom is 0.270 e. The van der Waals surface area contributed by atoms with Crippen molar-refractivity contribution in [1.82, 2.24) is 9.88 Å². The number of fused-ring (bicyclic) bond motifs is 1. The van der Waals surface area contributed by atoms with Gasteiger partial charge >= 0.3 is 0 Å². The molecule has 4 rings (SSSR count). The molecule has 3 aromatic rings. The molecule has 2 heterocycles. The molecule has 1 saturated heterocycles. The molecule has 2 aromatic carbocycles. The summed E-state index contributed by atoms with van der Waals surface area (Å²) >= 11 is 5.20. The van der Waals surface area contributed by atoms with Gasteiger partial charge in [0, 0.05) is 23.6 Å². The van der Waals surface area contributed by atoms with Crippen LogP contribution in [0.25, 0.3) is 17.0 Å². The summed E-state index contributed by atoms with van der Waals surface area (Å²) in [7, 11) is 1.90. The summed E-state index contributed by atoms with van der Waals surface area (Å²) in [5, 5.41) is 3.73. The predicted octanol–water partition coefficient (Wildman–Crippen LogP) is 3.01. The van der Waals surface area contributed by atoms with Gasteiger partial charge in [-0.25, -0.2) is 0 Å². The summed E-state index contributed by atoms with van der Waals surface area (Å²) in [6.07, 6.45) is 1.61. The summed E-state index contributed by atoms with van der Waals surface area (Å²) in [6, 6.07) is 18.9. The second kappa shape index (κ2) is 6.24. The fourth-order valence-corrected chi connectivity index (χ4v) is 3.35. The van der Waals surface area contributed by atoms with Crippen LogP contribution in [0.5, 0.6) is 0 Å². The lowest BCUT2D eigenvalue weighted by atomic mass is 10.1. The van der Waals surface area contributed by atoms with Gasteiger partial charge in [0.2, 0.25) is 0 Å². The monoisotopic (exact) mass is 361 g/mol. The first-order chi connectivity index (χ1) is 12.6. The van der Waals surface area contributed by atoms with Crippen molar-refractivity contribution in [3.05, 3.63) is 71.9 Å². The fourth-order valence-electron chi connectivity index (χ4n) is 3.07. The summed E-state index contributed by atoms with van der Waals surface area (Å²) < 4.78 is 1.95. The maximum absolute atomic E-state index is 13.0. The first-order valence-electron chi connectivity index (χ1n) is 8.07. The summed E-state index contributed by atoms with van der Waals surface area (Å²) in [5.74, 6) is -0.923. The molecule has 0 bridgehead atoms. The molecular formula is C20H15N3O2S. The molecule has 0 radical (unpaired) electrons. The number of rotatable bonds is 2. The van der Waals surface area contributed by atoms with E-state index in [4.69, 9.17) is 12.2 Å². The predicted molar refractivity (Wildman–Crippen MR) is 106 cm³/mol. The molecule has 0 unspecified atom stereocenters. The van der Waals surface area contributed by atoms with Crippen LogP contribution < -0.4 is 10.2 Å². The van der Waals surface area contributed by atoms with Crippen molar-refractivity contribution in [2.75, 3.05) is 4.90 Å². The van der Waals surface area contributed by atoms with Crippen LogP contribution in [-0.2, 0) is 16.6 Å². The van der Waals surface area contributed by atoms with Gasteiger partial charge < -0.3 is 4.57 Å². The third kappa shape index (κ3) is 2.60. The molecule has 0 spiro atoms. The quantitative estimate of drug-likeness (QED) is 0.434. The lowest BCUT2D eigenvalue weighted by Gasteiger charge is -2.28. The lowest BCUT2D eigenvalue weighted by molar-refractivity contribution is -0.122. The van der Waals surface area contributed by atoms with Crippen LogP contribution in [0, 0.1) is 0 Å². The van der Waals surface area contributed by atoms with Gasteiger partial charge in [-0.05, 0) is 42.6 Å². The van der Waals surface area contributed by atoms with E-state index in [1.165, 1.54) is 4.90 Å². The van der Waals surface area contributed by atoms with E-state index < -0.39 is 11.8 Å². The third-order valence-corrected chi connectivity index (χ3v) is 4.68. The van der Waals surface area contributed by atoms with E-state index in [0.29, 0.717) is 5.69 Å². The maximum atomic E-state index is 13.0. The molecule has 1 aliphatic rings. The minimum Gasteiger partial charge on any atom is -0.344 e. The second-order valence-corrected chi connectivity index (χ2v) is 6.37. The van der Waals surface area contributed by atoms with E-state index in [2.05, 4.69) is 5.32 Å². The molecule has 26 heavy (non-hydrogen) atoms. The number of amides is 2. The first kappa shape index (κ1) is 16.2. The zero-order valence-electron chi connectivity index (χ0n) is 14.0. The summed E-state index contributed by atoms with van der Waals surface area (Å²) in [4.78, 5) is 26.7. The number of nitrogens with zero attached hydrogens (tertiary/aromatic N) is 2. The Labute approximate surface area is 155 Å². The number of thiocarbonyl (C=S) groups is 1. The number of nitrogens with one attached hydrogen (secondary N) is 1. The van der Waals surface area contributed by atoms with E-state index in [1.54, 1.807) is 18.2 Å². The Morgan fingerprint density at radius 1 is 1.00 bits per heavy atom. The molecule has 1 aliphatic heterocycles. The highest BCUT2D eigenvalue weighted by Crippen LogP contribution is 2.24. The van der Waals surface area contributed by atoms with Crippen molar-refractivity contribution in [3.8, 4) is 0 Å². The Hall–Kier alpha value is -3.25. The Balaban J connectivity index is 1.80. The van der Waals surface area contributed by atoms with Gasteiger partial charge in [0.05, 0.1) is 5.69 Å². The minimum atomic E-state index is -0.488. The topological polar surface area (TPSA) is 54.3 Å². The number of aromatic nitrogens is 1. The molecule has 1 fully saturated rings. The Kier molecular flexibility index (Phi) is 3.89. The zero-order chi connectivity index (χ0) is 18.3. The SMILES string of the molecule is Cn1c(/C=C2/C(=O)NC(=S)N(c3ccccc3)C2=O)cc2ccccc21. The van der Waals surface area contributed by atoms with Crippen LogP contribution in [0.2, 0.25) is 0 Å². The van der Waals surface area contributed by atoms with Crippen molar-refractivity contribution >= 4 is 51.8 Å². The average molecular weight is 361 g/mol. The van der Waals surface area contributed by atoms with Crippen molar-refractivity contribution < 1.29 is 9.59 Å². The highest BCUT2D eigenvalue weighted by Gasteiger charge is 2.34.